The minimum absolute atomic E-state index is 0.986. The number of nitrogens with zero attached hydrogens (tertiary/aromatic N) is 1. The van der Waals surface area contributed by atoms with E-state index in [4.69, 9.17) is 0 Å². The molecule has 1 heteroatoms. The van der Waals surface area contributed by atoms with Crippen molar-refractivity contribution in [2.24, 2.45) is 0 Å². The van der Waals surface area contributed by atoms with Crippen molar-refractivity contribution in [2.75, 3.05) is 4.90 Å². The molecule has 1 aliphatic carbocycles. The summed E-state index contributed by atoms with van der Waals surface area (Å²) in [6, 6.07) is 41.9. The van der Waals surface area contributed by atoms with Crippen molar-refractivity contribution in [1.29, 1.82) is 0 Å². The number of rotatable bonds is 3. The van der Waals surface area contributed by atoms with Gasteiger partial charge >= 0.3 is 0 Å². The van der Waals surface area contributed by atoms with Crippen molar-refractivity contribution in [3.8, 4) is 0 Å². The average molecular weight is 434 g/mol. The molecule has 0 fully saturated rings. The van der Waals surface area contributed by atoms with E-state index in [0.29, 0.717) is 0 Å². The molecule has 6 aromatic carbocycles. The second-order valence-electron chi connectivity index (χ2n) is 9.02. The summed E-state index contributed by atoms with van der Waals surface area (Å²) < 4.78 is 0. The molecule has 0 atom stereocenters. The molecule has 7 rings (SSSR count). The third-order valence-electron chi connectivity index (χ3n) is 6.99. The Morgan fingerprint density at radius 3 is 1.76 bits per heavy atom. The van der Waals surface area contributed by atoms with Crippen molar-refractivity contribution in [3.05, 3.63) is 132 Å². The van der Waals surface area contributed by atoms with Gasteiger partial charge in [-0.2, -0.15) is 0 Å². The number of benzene rings is 6. The molecule has 0 unspecified atom stereocenters. The first-order chi connectivity index (χ1) is 16.8. The lowest BCUT2D eigenvalue weighted by Gasteiger charge is -2.29. The van der Waals surface area contributed by atoms with Crippen LogP contribution in [0.5, 0.6) is 0 Å². The maximum Gasteiger partial charge on any atom is 0.0540 e. The molecule has 0 bridgehead atoms. The third-order valence-corrected chi connectivity index (χ3v) is 6.99. The summed E-state index contributed by atoms with van der Waals surface area (Å²) in [6.45, 7) is 0. The van der Waals surface area contributed by atoms with E-state index >= 15 is 0 Å². The van der Waals surface area contributed by atoms with Gasteiger partial charge in [0.05, 0.1) is 5.69 Å². The zero-order valence-corrected chi connectivity index (χ0v) is 18.8. The first kappa shape index (κ1) is 19.1. The van der Waals surface area contributed by atoms with Crippen LogP contribution in [0.25, 0.3) is 38.4 Å². The van der Waals surface area contributed by atoms with Crippen LogP contribution in [0, 0.1) is 0 Å². The summed E-state index contributed by atoms with van der Waals surface area (Å²) in [4.78, 5) is 2.42. The van der Waals surface area contributed by atoms with Crippen LogP contribution in [-0.4, -0.2) is 0 Å². The largest absolute Gasteiger partial charge is 0.310 e. The van der Waals surface area contributed by atoms with E-state index in [9.17, 15) is 0 Å². The molecular weight excluding hydrogens is 410 g/mol. The molecule has 0 radical (unpaired) electrons. The Kier molecular flexibility index (Phi) is 4.28. The van der Waals surface area contributed by atoms with E-state index in [0.717, 1.165) is 6.42 Å². The lowest BCUT2D eigenvalue weighted by molar-refractivity contribution is 1.26. The van der Waals surface area contributed by atoms with Crippen LogP contribution in [0.3, 0.4) is 0 Å². The second kappa shape index (κ2) is 7.60. The van der Waals surface area contributed by atoms with Crippen molar-refractivity contribution >= 4 is 55.5 Å². The Balaban J connectivity index is 1.53. The van der Waals surface area contributed by atoms with Gasteiger partial charge in [0.25, 0.3) is 0 Å². The standard InChI is InChI=1S/C33H23N/c1-3-9-27-21-29(18-15-23(27)7-1)34(30-19-16-24-8-2-4-10-28(24)22-30)32-20-17-26-12-5-11-25-13-6-14-31(32)33(25)26/h1-12,14-22H,13H2. The number of allylic oxidation sites excluding steroid dienone is 1. The van der Waals surface area contributed by atoms with Crippen LogP contribution in [0.1, 0.15) is 11.1 Å². The van der Waals surface area contributed by atoms with Gasteiger partial charge < -0.3 is 4.90 Å². The monoisotopic (exact) mass is 433 g/mol. The molecule has 1 aliphatic rings. The van der Waals surface area contributed by atoms with Crippen molar-refractivity contribution in [3.63, 3.8) is 0 Å². The summed E-state index contributed by atoms with van der Waals surface area (Å²) in [5.74, 6) is 0. The van der Waals surface area contributed by atoms with Crippen molar-refractivity contribution in [1.82, 2.24) is 0 Å². The lowest BCUT2D eigenvalue weighted by Crippen LogP contribution is -2.12. The number of anilines is 3. The molecule has 0 saturated heterocycles. The quantitative estimate of drug-likeness (QED) is 0.269. The highest BCUT2D eigenvalue weighted by Gasteiger charge is 2.20. The maximum atomic E-state index is 2.42. The Morgan fingerprint density at radius 1 is 0.500 bits per heavy atom. The molecular formula is C33H23N. The average Bonchev–Trinajstić information content (AvgIpc) is 2.90. The van der Waals surface area contributed by atoms with Gasteiger partial charge in [-0.15, -0.1) is 0 Å². The van der Waals surface area contributed by atoms with Crippen molar-refractivity contribution < 1.29 is 0 Å². The van der Waals surface area contributed by atoms with E-state index in [-0.39, 0.29) is 0 Å². The normalized spacial score (nSPS) is 12.5. The van der Waals surface area contributed by atoms with Gasteiger partial charge in [-0.05, 0) is 74.6 Å². The van der Waals surface area contributed by atoms with E-state index in [1.807, 2.05) is 0 Å². The maximum absolute atomic E-state index is 2.42. The zero-order chi connectivity index (χ0) is 22.5. The van der Waals surface area contributed by atoms with Gasteiger partial charge in [0.2, 0.25) is 0 Å². The van der Waals surface area contributed by atoms with Crippen molar-refractivity contribution in [2.45, 2.75) is 6.42 Å². The molecule has 0 amide bonds. The molecule has 6 aromatic rings. The molecule has 34 heavy (non-hydrogen) atoms. The second-order valence-corrected chi connectivity index (χ2v) is 9.02. The predicted molar refractivity (Wildman–Crippen MR) is 146 cm³/mol. The number of hydrogen-bond donors (Lipinski definition) is 0. The lowest BCUT2D eigenvalue weighted by atomic mass is 9.91. The fourth-order valence-electron chi connectivity index (χ4n) is 5.37. The summed E-state index contributed by atoms with van der Waals surface area (Å²) in [5, 5.41) is 7.68. The van der Waals surface area contributed by atoms with Gasteiger partial charge in [0.15, 0.2) is 0 Å². The highest BCUT2D eigenvalue weighted by molar-refractivity contribution is 6.03. The zero-order valence-electron chi connectivity index (χ0n) is 18.8. The van der Waals surface area contributed by atoms with Gasteiger partial charge in [-0.1, -0.05) is 97.1 Å². The number of fused-ring (bicyclic) bond motifs is 2. The van der Waals surface area contributed by atoms with Gasteiger partial charge in [0, 0.05) is 16.9 Å². The van der Waals surface area contributed by atoms with E-state index in [1.165, 1.54) is 60.5 Å². The Morgan fingerprint density at radius 2 is 1.09 bits per heavy atom. The fraction of sp³-hybridized carbons (Fsp3) is 0.0303. The van der Waals surface area contributed by atoms with Crippen LogP contribution in [0.4, 0.5) is 17.1 Å². The predicted octanol–water partition coefficient (Wildman–Crippen LogP) is 9.19. The van der Waals surface area contributed by atoms with Crippen LogP contribution in [-0.2, 0) is 6.42 Å². The molecule has 0 spiro atoms. The van der Waals surface area contributed by atoms with E-state index < -0.39 is 0 Å². The Bertz CT molecular complexity index is 1660. The Hall–Kier alpha value is -4.36. The summed E-state index contributed by atoms with van der Waals surface area (Å²) in [7, 11) is 0. The smallest absolute Gasteiger partial charge is 0.0540 e. The summed E-state index contributed by atoms with van der Waals surface area (Å²) >= 11 is 0. The van der Waals surface area contributed by atoms with E-state index in [2.05, 4.69) is 132 Å². The minimum atomic E-state index is 0.986. The Labute approximate surface area is 199 Å². The van der Waals surface area contributed by atoms with Gasteiger partial charge in [0.1, 0.15) is 0 Å². The summed E-state index contributed by atoms with van der Waals surface area (Å²) in [6.07, 6.45) is 5.58. The molecule has 0 aliphatic heterocycles. The minimum Gasteiger partial charge on any atom is -0.310 e. The third kappa shape index (κ3) is 3.02. The fourth-order valence-corrected chi connectivity index (χ4v) is 5.37. The first-order valence-corrected chi connectivity index (χ1v) is 11.8. The van der Waals surface area contributed by atoms with Crippen LogP contribution in [0.2, 0.25) is 0 Å². The number of hydrogen-bond acceptors (Lipinski definition) is 1. The molecule has 0 heterocycles. The van der Waals surface area contributed by atoms with Gasteiger partial charge in [-0.3, -0.25) is 0 Å². The first-order valence-electron chi connectivity index (χ1n) is 11.8. The molecule has 160 valence electrons. The van der Waals surface area contributed by atoms with E-state index in [1.54, 1.807) is 0 Å². The molecule has 1 nitrogen and oxygen atoms in total. The van der Waals surface area contributed by atoms with Crippen LogP contribution < -0.4 is 4.90 Å². The summed E-state index contributed by atoms with van der Waals surface area (Å²) in [5.41, 5.74) is 6.23. The highest BCUT2D eigenvalue weighted by Crippen LogP contribution is 2.43. The highest BCUT2D eigenvalue weighted by atomic mass is 15.1. The molecule has 0 N–H and O–H groups in total. The topological polar surface area (TPSA) is 3.24 Å². The van der Waals surface area contributed by atoms with Crippen LogP contribution in [0.15, 0.2) is 121 Å². The molecule has 0 saturated carbocycles. The van der Waals surface area contributed by atoms with Gasteiger partial charge in [-0.25, -0.2) is 0 Å². The van der Waals surface area contributed by atoms with Crippen LogP contribution >= 0.6 is 0 Å². The SMILES string of the molecule is C1=Cc2c(N(c3ccc4ccccc4c3)c3ccc4ccccc4c3)ccc3cccc(c23)C1. The molecule has 0 aromatic heterocycles.